The molecule has 2 aliphatic rings. The second-order valence-corrected chi connectivity index (χ2v) is 10.3. The summed E-state index contributed by atoms with van der Waals surface area (Å²) in [5.74, 6) is 0.910. The van der Waals surface area contributed by atoms with Gasteiger partial charge in [-0.05, 0) is 53.5 Å². The fourth-order valence-corrected chi connectivity index (χ4v) is 5.29. The average molecular weight is 498 g/mol. The number of ether oxygens (including phenoxy) is 2. The fraction of sp³-hybridized carbons (Fsp3) is 0.438. The number of unbranched alkanes of at least 4 members (excludes halogenated alkanes) is 5. The zero-order chi connectivity index (χ0) is 25.3. The van der Waals surface area contributed by atoms with Crippen LogP contribution in [0.1, 0.15) is 70.0 Å². The summed E-state index contributed by atoms with van der Waals surface area (Å²) in [5, 5.41) is 0. The first-order chi connectivity index (χ1) is 18.3. The van der Waals surface area contributed by atoms with Crippen LogP contribution in [0.5, 0.6) is 5.75 Å². The van der Waals surface area contributed by atoms with Gasteiger partial charge in [0, 0.05) is 0 Å². The highest BCUT2D eigenvalue weighted by Gasteiger charge is 2.41. The molecule has 37 heavy (non-hydrogen) atoms. The Morgan fingerprint density at radius 1 is 0.757 bits per heavy atom. The first kappa shape index (κ1) is 26.0. The van der Waals surface area contributed by atoms with Gasteiger partial charge in [0.15, 0.2) is 0 Å². The lowest BCUT2D eigenvalue weighted by atomic mass is 9.76. The van der Waals surface area contributed by atoms with Gasteiger partial charge in [0.25, 0.3) is 0 Å². The highest BCUT2D eigenvalue weighted by molar-refractivity contribution is 6.61. The van der Waals surface area contributed by atoms with Crippen molar-refractivity contribution in [2.45, 2.75) is 76.6 Å². The Morgan fingerprint density at radius 3 is 2.27 bits per heavy atom. The van der Waals surface area contributed by atoms with E-state index < -0.39 is 0 Å². The molecule has 0 amide bonds. The van der Waals surface area contributed by atoms with Crippen LogP contribution in [-0.2, 0) is 14.0 Å². The van der Waals surface area contributed by atoms with Gasteiger partial charge in [-0.1, -0.05) is 106 Å². The topological polar surface area (TPSA) is 36.9 Å². The summed E-state index contributed by atoms with van der Waals surface area (Å²) in [6.07, 6.45) is 9.64. The van der Waals surface area contributed by atoms with Crippen LogP contribution in [0.4, 0.5) is 0 Å². The molecule has 0 spiro atoms. The molecule has 5 heteroatoms. The molecular formula is C32H39BO4. The van der Waals surface area contributed by atoms with Crippen molar-refractivity contribution < 1.29 is 18.8 Å². The van der Waals surface area contributed by atoms with Crippen molar-refractivity contribution in [2.24, 2.45) is 0 Å². The number of benzene rings is 3. The van der Waals surface area contributed by atoms with Crippen LogP contribution in [0.25, 0.3) is 11.1 Å². The third-order valence-electron chi connectivity index (χ3n) is 7.49. The minimum atomic E-state index is -0.348. The van der Waals surface area contributed by atoms with E-state index in [0.717, 1.165) is 37.1 Å². The van der Waals surface area contributed by atoms with Gasteiger partial charge in [-0.2, -0.15) is 0 Å². The first-order valence-corrected chi connectivity index (χ1v) is 14.1. The van der Waals surface area contributed by atoms with E-state index in [9.17, 15) is 0 Å². The molecule has 4 nitrogen and oxygen atoms in total. The molecule has 5 rings (SSSR count). The molecule has 0 bridgehead atoms. The van der Waals surface area contributed by atoms with Gasteiger partial charge in [0.2, 0.25) is 0 Å². The van der Waals surface area contributed by atoms with Crippen molar-refractivity contribution in [1.29, 1.82) is 0 Å². The second kappa shape index (κ2) is 13.3. The van der Waals surface area contributed by atoms with Gasteiger partial charge in [-0.3, -0.25) is 0 Å². The second-order valence-electron chi connectivity index (χ2n) is 10.3. The fourth-order valence-electron chi connectivity index (χ4n) is 5.29. The minimum absolute atomic E-state index is 0.0382. The van der Waals surface area contributed by atoms with Crippen LogP contribution < -0.4 is 10.2 Å². The molecule has 3 atom stereocenters. The summed E-state index contributed by atoms with van der Waals surface area (Å²) in [5.41, 5.74) is 4.71. The number of hydrogen-bond acceptors (Lipinski definition) is 4. The molecule has 0 radical (unpaired) electrons. The van der Waals surface area contributed by atoms with E-state index in [4.69, 9.17) is 18.8 Å². The molecular weight excluding hydrogens is 459 g/mol. The smallest absolute Gasteiger partial charge is 0.494 e. The van der Waals surface area contributed by atoms with E-state index in [2.05, 4.69) is 67.6 Å². The van der Waals surface area contributed by atoms with Crippen LogP contribution in [0.3, 0.4) is 0 Å². The highest BCUT2D eigenvalue weighted by atomic mass is 16.6. The number of rotatable bonds is 11. The molecule has 3 aromatic carbocycles. The molecule has 0 unspecified atom stereocenters. The summed E-state index contributed by atoms with van der Waals surface area (Å²) < 4.78 is 24.8. The quantitative estimate of drug-likeness (QED) is 0.208. The Morgan fingerprint density at radius 2 is 1.49 bits per heavy atom. The molecule has 0 N–H and O–H groups in total. The van der Waals surface area contributed by atoms with Crippen molar-refractivity contribution in [1.82, 2.24) is 0 Å². The molecule has 3 aromatic rings. The zero-order valence-electron chi connectivity index (χ0n) is 22.0. The van der Waals surface area contributed by atoms with Crippen molar-refractivity contribution in [2.75, 3.05) is 13.2 Å². The maximum absolute atomic E-state index is 6.44. The molecule has 0 aromatic heterocycles. The molecule has 2 fully saturated rings. The Hall–Kier alpha value is -2.60. The Balaban J connectivity index is 1.08. The van der Waals surface area contributed by atoms with Crippen molar-refractivity contribution in [3.8, 4) is 16.9 Å². The normalized spacial score (nSPS) is 21.4. The SMILES string of the molecule is CCCCCCCCOc1ccc(B2OC[C@H]3O[C@@H](c4ccc(-c5ccccc5)cc4)CC[C@@H]3O2)cc1. The maximum atomic E-state index is 6.44. The molecule has 2 heterocycles. The summed E-state index contributed by atoms with van der Waals surface area (Å²) in [6.45, 7) is 3.57. The van der Waals surface area contributed by atoms with Gasteiger partial charge in [-0.25, -0.2) is 0 Å². The lowest BCUT2D eigenvalue weighted by Gasteiger charge is -2.41. The third-order valence-corrected chi connectivity index (χ3v) is 7.49. The summed E-state index contributed by atoms with van der Waals surface area (Å²) in [4.78, 5) is 0. The lowest BCUT2D eigenvalue weighted by molar-refractivity contribution is -0.150. The van der Waals surface area contributed by atoms with E-state index in [0.29, 0.717) is 6.61 Å². The highest BCUT2D eigenvalue weighted by Crippen LogP contribution is 2.35. The number of hydrogen-bond donors (Lipinski definition) is 0. The molecule has 2 aliphatic heterocycles. The molecule has 0 saturated carbocycles. The van der Waals surface area contributed by atoms with E-state index in [1.165, 1.54) is 48.8 Å². The van der Waals surface area contributed by atoms with Crippen LogP contribution in [0, 0.1) is 0 Å². The average Bonchev–Trinajstić information content (AvgIpc) is 2.97. The Kier molecular flexibility index (Phi) is 9.34. The van der Waals surface area contributed by atoms with Gasteiger partial charge < -0.3 is 18.8 Å². The molecule has 2 saturated heterocycles. The van der Waals surface area contributed by atoms with Gasteiger partial charge in [-0.15, -0.1) is 0 Å². The zero-order valence-corrected chi connectivity index (χ0v) is 22.0. The largest absolute Gasteiger partial charge is 0.494 e. The summed E-state index contributed by atoms with van der Waals surface area (Å²) >= 11 is 0. The predicted octanol–water partition coefficient (Wildman–Crippen LogP) is 7.12. The van der Waals surface area contributed by atoms with Crippen LogP contribution >= 0.6 is 0 Å². The van der Waals surface area contributed by atoms with E-state index >= 15 is 0 Å². The van der Waals surface area contributed by atoms with Crippen LogP contribution in [0.2, 0.25) is 0 Å². The third kappa shape index (κ3) is 7.04. The molecule has 0 aliphatic carbocycles. The summed E-state index contributed by atoms with van der Waals surface area (Å²) in [6, 6.07) is 27.4. The van der Waals surface area contributed by atoms with Gasteiger partial charge >= 0.3 is 7.12 Å². The predicted molar refractivity (Wildman–Crippen MR) is 150 cm³/mol. The number of fused-ring (bicyclic) bond motifs is 1. The first-order valence-electron chi connectivity index (χ1n) is 14.1. The van der Waals surface area contributed by atoms with Crippen LogP contribution in [0.15, 0.2) is 78.9 Å². The van der Waals surface area contributed by atoms with E-state index in [1.807, 2.05) is 18.2 Å². The van der Waals surface area contributed by atoms with Crippen molar-refractivity contribution in [3.63, 3.8) is 0 Å². The van der Waals surface area contributed by atoms with Crippen LogP contribution in [-0.4, -0.2) is 32.5 Å². The minimum Gasteiger partial charge on any atom is -0.494 e. The van der Waals surface area contributed by atoms with Crippen molar-refractivity contribution >= 4 is 12.6 Å². The standard InChI is InChI=1S/C32H39BO4/c1-2-3-4-5-6-10-23-34-29-19-17-28(18-20-29)33-35-24-32-31(37-33)22-21-30(36-32)27-15-13-26(14-16-27)25-11-8-7-9-12-25/h7-9,11-20,30-32H,2-6,10,21-24H2,1H3/t30-,31+,32-/m1/s1. The molecule has 194 valence electrons. The van der Waals surface area contributed by atoms with Gasteiger partial charge in [0.1, 0.15) is 11.9 Å². The van der Waals surface area contributed by atoms with E-state index in [1.54, 1.807) is 0 Å². The lowest BCUT2D eigenvalue weighted by Crippen LogP contribution is -2.54. The Labute approximate surface area is 222 Å². The van der Waals surface area contributed by atoms with Crippen molar-refractivity contribution in [3.05, 3.63) is 84.4 Å². The Bertz CT molecular complexity index is 1070. The monoisotopic (exact) mass is 498 g/mol. The maximum Gasteiger partial charge on any atom is 0.494 e. The van der Waals surface area contributed by atoms with Gasteiger partial charge in [0.05, 0.1) is 25.4 Å². The van der Waals surface area contributed by atoms with E-state index in [-0.39, 0.29) is 25.4 Å². The summed E-state index contributed by atoms with van der Waals surface area (Å²) in [7, 11) is -0.348.